The predicted octanol–water partition coefficient (Wildman–Crippen LogP) is 5.63. The zero-order valence-electron chi connectivity index (χ0n) is 16.1. The lowest BCUT2D eigenvalue weighted by Gasteiger charge is -2.27. The Hall–Kier alpha value is -1.41. The third-order valence-corrected chi connectivity index (χ3v) is 6.69. The summed E-state index contributed by atoms with van der Waals surface area (Å²) >= 11 is 20.0. The molecule has 0 bridgehead atoms. The maximum atomic E-state index is 13.4. The minimum absolute atomic E-state index is 0.184. The number of amides is 1. The first-order valence-corrected chi connectivity index (χ1v) is 11.6. The number of halogens is 3. The number of ether oxygens (including phenoxy) is 1. The minimum Gasteiger partial charge on any atom is -0.379 e. The molecule has 9 heteroatoms. The maximum absolute atomic E-state index is 13.4. The molecule has 0 aliphatic carbocycles. The highest BCUT2D eigenvalue weighted by Crippen LogP contribution is 2.34. The van der Waals surface area contributed by atoms with Crippen molar-refractivity contribution in [3.05, 3.63) is 57.0 Å². The molecule has 0 radical (unpaired) electrons. The van der Waals surface area contributed by atoms with E-state index < -0.39 is 0 Å². The minimum atomic E-state index is -0.184. The first-order valence-electron chi connectivity index (χ1n) is 9.64. The summed E-state index contributed by atoms with van der Waals surface area (Å²) in [5.41, 5.74) is 1.14. The fourth-order valence-electron chi connectivity index (χ4n) is 3.41. The van der Waals surface area contributed by atoms with Crippen LogP contribution in [0, 0.1) is 0 Å². The van der Waals surface area contributed by atoms with Crippen LogP contribution in [0.4, 0.5) is 5.13 Å². The van der Waals surface area contributed by atoms with E-state index in [4.69, 9.17) is 39.5 Å². The van der Waals surface area contributed by atoms with Crippen molar-refractivity contribution in [1.29, 1.82) is 0 Å². The van der Waals surface area contributed by atoms with Crippen molar-refractivity contribution in [2.45, 2.75) is 6.42 Å². The van der Waals surface area contributed by atoms with Crippen LogP contribution in [0.25, 0.3) is 10.2 Å². The molecule has 30 heavy (non-hydrogen) atoms. The number of morpholine rings is 1. The SMILES string of the molecule is O=C(c1cc(Cl)cc(Cl)c1)N(CCCN1CCOCC1)c1nc2c(Cl)cccc2s1. The number of nitrogens with zero attached hydrogens (tertiary/aromatic N) is 3. The molecule has 1 aromatic heterocycles. The largest absolute Gasteiger partial charge is 0.379 e. The summed E-state index contributed by atoms with van der Waals surface area (Å²) in [5, 5.41) is 2.03. The average molecular weight is 485 g/mol. The van der Waals surface area contributed by atoms with Crippen molar-refractivity contribution in [2.24, 2.45) is 0 Å². The van der Waals surface area contributed by atoms with Crippen LogP contribution in [-0.4, -0.2) is 55.2 Å². The van der Waals surface area contributed by atoms with Gasteiger partial charge in [0.2, 0.25) is 0 Å². The van der Waals surface area contributed by atoms with Crippen LogP contribution >= 0.6 is 46.1 Å². The Morgan fingerprint density at radius 1 is 1.13 bits per heavy atom. The summed E-state index contributed by atoms with van der Waals surface area (Å²) in [6.07, 6.45) is 0.809. The van der Waals surface area contributed by atoms with E-state index in [2.05, 4.69) is 9.88 Å². The van der Waals surface area contributed by atoms with Crippen LogP contribution in [0.15, 0.2) is 36.4 Å². The van der Waals surface area contributed by atoms with Crippen molar-refractivity contribution in [1.82, 2.24) is 9.88 Å². The molecule has 2 aromatic carbocycles. The number of benzene rings is 2. The number of hydrogen-bond donors (Lipinski definition) is 0. The number of aromatic nitrogens is 1. The quantitative estimate of drug-likeness (QED) is 0.455. The number of carbonyl (C=O) groups excluding carboxylic acids is 1. The molecule has 1 fully saturated rings. The Labute approximate surface area is 194 Å². The molecule has 0 N–H and O–H groups in total. The summed E-state index contributed by atoms with van der Waals surface area (Å²) in [6, 6.07) is 10.5. The molecule has 0 saturated carbocycles. The molecule has 1 amide bonds. The second-order valence-electron chi connectivity index (χ2n) is 7.01. The Kier molecular flexibility index (Phi) is 7.13. The summed E-state index contributed by atoms with van der Waals surface area (Å²) in [5.74, 6) is -0.184. The topological polar surface area (TPSA) is 45.7 Å². The van der Waals surface area contributed by atoms with Gasteiger partial charge in [0.1, 0.15) is 5.52 Å². The number of thiazole rings is 1. The standard InChI is InChI=1S/C21H20Cl3N3O2S/c22-15-11-14(12-16(23)13-15)20(28)27(6-2-5-26-7-9-29-10-8-26)21-25-19-17(24)3-1-4-18(19)30-21/h1,3-4,11-13H,2,5-10H2. The predicted molar refractivity (Wildman–Crippen MR) is 125 cm³/mol. The van der Waals surface area contributed by atoms with Crippen molar-refractivity contribution in [3.8, 4) is 0 Å². The van der Waals surface area contributed by atoms with Gasteiger partial charge in [0.05, 0.1) is 22.9 Å². The molecule has 1 aliphatic rings. The maximum Gasteiger partial charge on any atom is 0.260 e. The van der Waals surface area contributed by atoms with Gasteiger partial charge in [-0.3, -0.25) is 14.6 Å². The zero-order valence-corrected chi connectivity index (χ0v) is 19.2. The van der Waals surface area contributed by atoms with Crippen LogP contribution in [0.2, 0.25) is 15.1 Å². The third kappa shape index (κ3) is 5.07. The summed E-state index contributed by atoms with van der Waals surface area (Å²) in [6.45, 7) is 4.73. The number of carbonyl (C=O) groups is 1. The summed E-state index contributed by atoms with van der Waals surface area (Å²) < 4.78 is 6.35. The summed E-state index contributed by atoms with van der Waals surface area (Å²) in [4.78, 5) is 22.1. The van der Waals surface area contributed by atoms with Gasteiger partial charge in [0, 0.05) is 41.8 Å². The van der Waals surface area contributed by atoms with Crippen LogP contribution in [-0.2, 0) is 4.74 Å². The zero-order chi connectivity index (χ0) is 21.1. The van der Waals surface area contributed by atoms with E-state index >= 15 is 0 Å². The van der Waals surface area contributed by atoms with Gasteiger partial charge < -0.3 is 4.74 Å². The molecule has 1 aliphatic heterocycles. The van der Waals surface area contributed by atoms with E-state index in [1.165, 1.54) is 11.3 Å². The number of hydrogen-bond acceptors (Lipinski definition) is 5. The first-order chi connectivity index (χ1) is 14.5. The highest BCUT2D eigenvalue weighted by Gasteiger charge is 2.23. The molecular formula is C21H20Cl3N3O2S. The van der Waals surface area contributed by atoms with Gasteiger partial charge in [-0.1, -0.05) is 52.2 Å². The average Bonchev–Trinajstić information content (AvgIpc) is 3.16. The lowest BCUT2D eigenvalue weighted by Crippen LogP contribution is -2.39. The van der Waals surface area contributed by atoms with Crippen molar-refractivity contribution >= 4 is 67.4 Å². The van der Waals surface area contributed by atoms with Gasteiger partial charge in [-0.2, -0.15) is 0 Å². The fourth-order valence-corrected chi connectivity index (χ4v) is 5.23. The Morgan fingerprint density at radius 3 is 2.57 bits per heavy atom. The van der Waals surface area contributed by atoms with Crippen LogP contribution in [0.5, 0.6) is 0 Å². The Morgan fingerprint density at radius 2 is 1.87 bits per heavy atom. The molecule has 3 aromatic rings. The van der Waals surface area contributed by atoms with E-state index in [1.807, 2.05) is 12.1 Å². The smallest absolute Gasteiger partial charge is 0.260 e. The van der Waals surface area contributed by atoms with E-state index in [9.17, 15) is 4.79 Å². The number of rotatable bonds is 6. The highest BCUT2D eigenvalue weighted by molar-refractivity contribution is 7.22. The third-order valence-electron chi connectivity index (χ3n) is 4.90. The van der Waals surface area contributed by atoms with Gasteiger partial charge in [0.15, 0.2) is 5.13 Å². The lowest BCUT2D eigenvalue weighted by atomic mass is 10.2. The molecule has 1 saturated heterocycles. The second-order valence-corrected chi connectivity index (χ2v) is 9.29. The molecule has 5 nitrogen and oxygen atoms in total. The Balaban J connectivity index is 1.60. The molecule has 0 spiro atoms. The van der Waals surface area contributed by atoms with E-state index in [0.717, 1.165) is 44.0 Å². The molecule has 4 rings (SSSR count). The molecule has 0 unspecified atom stereocenters. The van der Waals surface area contributed by atoms with E-state index in [-0.39, 0.29) is 5.91 Å². The highest BCUT2D eigenvalue weighted by atomic mass is 35.5. The lowest BCUT2D eigenvalue weighted by molar-refractivity contribution is 0.0376. The van der Waals surface area contributed by atoms with Gasteiger partial charge in [0.25, 0.3) is 5.91 Å². The Bertz CT molecular complexity index is 1030. The summed E-state index contributed by atoms with van der Waals surface area (Å²) in [7, 11) is 0. The first kappa shape index (κ1) is 21.8. The molecule has 0 atom stereocenters. The molecular weight excluding hydrogens is 465 g/mol. The van der Waals surface area contributed by atoms with Gasteiger partial charge in [-0.05, 0) is 36.8 Å². The van der Waals surface area contributed by atoms with Gasteiger partial charge in [-0.15, -0.1) is 0 Å². The fraction of sp³-hybridized carbons (Fsp3) is 0.333. The number of anilines is 1. The van der Waals surface area contributed by atoms with Gasteiger partial charge >= 0.3 is 0 Å². The number of para-hydroxylation sites is 1. The second kappa shape index (κ2) is 9.81. The van der Waals surface area contributed by atoms with Crippen LogP contribution in [0.3, 0.4) is 0 Å². The normalized spacial score (nSPS) is 14.9. The molecule has 2 heterocycles. The van der Waals surface area contributed by atoms with Crippen LogP contribution < -0.4 is 4.90 Å². The van der Waals surface area contributed by atoms with Crippen molar-refractivity contribution < 1.29 is 9.53 Å². The van der Waals surface area contributed by atoms with Crippen molar-refractivity contribution in [3.63, 3.8) is 0 Å². The van der Waals surface area contributed by atoms with Crippen LogP contribution in [0.1, 0.15) is 16.8 Å². The molecule has 158 valence electrons. The number of fused-ring (bicyclic) bond motifs is 1. The monoisotopic (exact) mass is 483 g/mol. The van der Waals surface area contributed by atoms with E-state index in [1.54, 1.807) is 29.2 Å². The van der Waals surface area contributed by atoms with Gasteiger partial charge in [-0.25, -0.2) is 4.98 Å². The van der Waals surface area contributed by atoms with E-state index in [0.29, 0.717) is 37.8 Å². The van der Waals surface area contributed by atoms with Crippen molar-refractivity contribution in [2.75, 3.05) is 44.3 Å².